The number of carboxylic acids is 1. The third-order valence-electron chi connectivity index (χ3n) is 3.21. The van der Waals surface area contributed by atoms with Gasteiger partial charge in [0.15, 0.2) is 0 Å². The molecular weight excluding hydrogens is 274 g/mol. The Morgan fingerprint density at radius 1 is 1.30 bits per heavy atom. The van der Waals surface area contributed by atoms with E-state index in [1.807, 2.05) is 25.1 Å². The van der Waals surface area contributed by atoms with Crippen LogP contribution >= 0.6 is 11.6 Å². The van der Waals surface area contributed by atoms with Gasteiger partial charge in [-0.2, -0.15) is 0 Å². The number of para-hydroxylation sites is 1. The highest BCUT2D eigenvalue weighted by Crippen LogP contribution is 2.29. The van der Waals surface area contributed by atoms with Gasteiger partial charge in [-0.1, -0.05) is 36.7 Å². The van der Waals surface area contributed by atoms with Crippen molar-refractivity contribution in [3.63, 3.8) is 0 Å². The quantitative estimate of drug-likeness (QED) is 0.861. The molecule has 4 heteroatoms. The normalized spacial score (nSPS) is 10.3. The maximum atomic E-state index is 11.3. The minimum Gasteiger partial charge on any atom is -0.478 e. The van der Waals surface area contributed by atoms with Crippen molar-refractivity contribution >= 4 is 28.9 Å². The van der Waals surface area contributed by atoms with Crippen LogP contribution in [0.5, 0.6) is 0 Å². The van der Waals surface area contributed by atoms with Gasteiger partial charge >= 0.3 is 5.97 Å². The first kappa shape index (κ1) is 14.4. The van der Waals surface area contributed by atoms with Crippen molar-refractivity contribution in [1.29, 1.82) is 0 Å². The first-order chi connectivity index (χ1) is 9.52. The van der Waals surface area contributed by atoms with Crippen LogP contribution in [0.3, 0.4) is 0 Å². The average Bonchev–Trinajstić information content (AvgIpc) is 2.40. The highest BCUT2D eigenvalue weighted by Gasteiger charge is 2.13. The summed E-state index contributed by atoms with van der Waals surface area (Å²) in [5, 5.41) is 13.0. The van der Waals surface area contributed by atoms with E-state index < -0.39 is 5.97 Å². The summed E-state index contributed by atoms with van der Waals surface area (Å²) in [5.41, 5.74) is 3.87. The van der Waals surface area contributed by atoms with Gasteiger partial charge in [0.05, 0.1) is 11.3 Å². The van der Waals surface area contributed by atoms with Gasteiger partial charge in [-0.15, -0.1) is 0 Å². The minimum atomic E-state index is -0.976. The number of carboxylic acid groups (broad SMARTS) is 1. The van der Waals surface area contributed by atoms with Crippen LogP contribution in [-0.4, -0.2) is 11.1 Å². The van der Waals surface area contributed by atoms with Gasteiger partial charge in [0.1, 0.15) is 0 Å². The Labute approximate surface area is 123 Å². The summed E-state index contributed by atoms with van der Waals surface area (Å²) in [5.74, 6) is -0.976. The molecule has 2 aromatic rings. The van der Waals surface area contributed by atoms with Gasteiger partial charge in [0.25, 0.3) is 0 Å². The second-order valence-corrected chi connectivity index (χ2v) is 5.02. The minimum absolute atomic E-state index is 0.208. The SMILES string of the molecule is CCc1cccc(C)c1Nc1cc(Cl)ccc1C(=O)O. The van der Waals surface area contributed by atoms with Crippen LogP contribution in [0.4, 0.5) is 11.4 Å². The Balaban J connectivity index is 2.50. The topological polar surface area (TPSA) is 49.3 Å². The van der Waals surface area contributed by atoms with E-state index in [0.29, 0.717) is 10.7 Å². The summed E-state index contributed by atoms with van der Waals surface area (Å²) in [6.07, 6.45) is 0.868. The standard InChI is InChI=1S/C16H16ClNO2/c1-3-11-6-4-5-10(2)15(11)18-14-9-12(17)7-8-13(14)16(19)20/h4-9,18H,3H2,1-2H3,(H,19,20). The van der Waals surface area contributed by atoms with Crippen LogP contribution in [0.1, 0.15) is 28.4 Å². The van der Waals surface area contributed by atoms with Crippen molar-refractivity contribution in [2.45, 2.75) is 20.3 Å². The maximum Gasteiger partial charge on any atom is 0.337 e. The smallest absolute Gasteiger partial charge is 0.337 e. The van der Waals surface area contributed by atoms with Gasteiger partial charge in [0.2, 0.25) is 0 Å². The monoisotopic (exact) mass is 289 g/mol. The van der Waals surface area contributed by atoms with Crippen LogP contribution in [0.25, 0.3) is 0 Å². The second kappa shape index (κ2) is 5.97. The molecule has 0 heterocycles. The summed E-state index contributed by atoms with van der Waals surface area (Å²) in [4.78, 5) is 11.3. The van der Waals surface area contributed by atoms with Crippen molar-refractivity contribution in [2.75, 3.05) is 5.32 Å². The number of rotatable bonds is 4. The number of nitrogens with one attached hydrogen (secondary N) is 1. The molecule has 0 saturated heterocycles. The van der Waals surface area contributed by atoms with Gasteiger partial charge < -0.3 is 10.4 Å². The Bertz CT molecular complexity index is 653. The summed E-state index contributed by atoms with van der Waals surface area (Å²) in [6, 6.07) is 10.7. The molecule has 20 heavy (non-hydrogen) atoms. The van der Waals surface area contributed by atoms with Crippen molar-refractivity contribution in [3.05, 3.63) is 58.1 Å². The number of aryl methyl sites for hydroxylation is 2. The van der Waals surface area contributed by atoms with Crippen LogP contribution in [0.2, 0.25) is 5.02 Å². The third kappa shape index (κ3) is 2.94. The van der Waals surface area contributed by atoms with E-state index >= 15 is 0 Å². The van der Waals surface area contributed by atoms with Crippen LogP contribution in [-0.2, 0) is 6.42 Å². The van der Waals surface area contributed by atoms with Gasteiger partial charge in [-0.05, 0) is 42.7 Å². The molecule has 0 amide bonds. The van der Waals surface area contributed by atoms with E-state index in [1.165, 1.54) is 6.07 Å². The summed E-state index contributed by atoms with van der Waals surface area (Å²) < 4.78 is 0. The van der Waals surface area contributed by atoms with Crippen molar-refractivity contribution in [1.82, 2.24) is 0 Å². The van der Waals surface area contributed by atoms with E-state index in [-0.39, 0.29) is 5.56 Å². The van der Waals surface area contributed by atoms with Gasteiger partial charge in [-0.3, -0.25) is 0 Å². The van der Waals surface area contributed by atoms with E-state index in [9.17, 15) is 9.90 Å². The lowest BCUT2D eigenvalue weighted by Crippen LogP contribution is -2.05. The Morgan fingerprint density at radius 3 is 2.70 bits per heavy atom. The summed E-state index contributed by atoms with van der Waals surface area (Å²) >= 11 is 5.97. The Kier molecular flexibility index (Phi) is 4.30. The molecule has 0 aliphatic carbocycles. The number of halogens is 1. The van der Waals surface area contributed by atoms with E-state index in [2.05, 4.69) is 12.2 Å². The molecule has 0 aliphatic heterocycles. The predicted octanol–water partition coefficient (Wildman–Crippen LogP) is 4.65. The van der Waals surface area contributed by atoms with Crippen molar-refractivity contribution < 1.29 is 9.90 Å². The molecule has 0 bridgehead atoms. The summed E-state index contributed by atoms with van der Waals surface area (Å²) in [6.45, 7) is 4.06. The number of benzene rings is 2. The maximum absolute atomic E-state index is 11.3. The van der Waals surface area contributed by atoms with Crippen molar-refractivity contribution in [3.8, 4) is 0 Å². The zero-order chi connectivity index (χ0) is 14.7. The molecule has 0 spiro atoms. The molecule has 2 N–H and O–H groups in total. The van der Waals surface area contributed by atoms with Crippen molar-refractivity contribution in [2.24, 2.45) is 0 Å². The lowest BCUT2D eigenvalue weighted by Gasteiger charge is -2.16. The first-order valence-corrected chi connectivity index (χ1v) is 6.79. The van der Waals surface area contributed by atoms with Gasteiger partial charge in [0, 0.05) is 10.7 Å². The van der Waals surface area contributed by atoms with E-state index in [4.69, 9.17) is 11.6 Å². The second-order valence-electron chi connectivity index (χ2n) is 4.58. The molecule has 104 valence electrons. The highest BCUT2D eigenvalue weighted by molar-refractivity contribution is 6.31. The largest absolute Gasteiger partial charge is 0.478 e. The number of hydrogen-bond acceptors (Lipinski definition) is 2. The molecule has 3 nitrogen and oxygen atoms in total. The zero-order valence-electron chi connectivity index (χ0n) is 11.4. The number of hydrogen-bond donors (Lipinski definition) is 2. The van der Waals surface area contributed by atoms with E-state index in [0.717, 1.165) is 23.2 Å². The summed E-state index contributed by atoms with van der Waals surface area (Å²) in [7, 11) is 0. The van der Waals surface area contributed by atoms with E-state index in [1.54, 1.807) is 12.1 Å². The molecule has 0 aromatic heterocycles. The molecule has 2 aromatic carbocycles. The molecule has 0 radical (unpaired) electrons. The third-order valence-corrected chi connectivity index (χ3v) is 3.45. The van der Waals surface area contributed by atoms with Crippen LogP contribution in [0.15, 0.2) is 36.4 Å². The Morgan fingerprint density at radius 2 is 2.05 bits per heavy atom. The molecular formula is C16H16ClNO2. The first-order valence-electron chi connectivity index (χ1n) is 6.41. The molecule has 0 fully saturated rings. The highest BCUT2D eigenvalue weighted by atomic mass is 35.5. The zero-order valence-corrected chi connectivity index (χ0v) is 12.2. The lowest BCUT2D eigenvalue weighted by atomic mass is 10.0. The number of aromatic carboxylic acids is 1. The molecule has 0 atom stereocenters. The molecule has 0 unspecified atom stereocenters. The van der Waals surface area contributed by atoms with Crippen LogP contribution < -0.4 is 5.32 Å². The number of anilines is 2. The number of carbonyl (C=O) groups is 1. The predicted molar refractivity (Wildman–Crippen MR) is 82.3 cm³/mol. The van der Waals surface area contributed by atoms with Gasteiger partial charge in [-0.25, -0.2) is 4.79 Å². The lowest BCUT2D eigenvalue weighted by molar-refractivity contribution is 0.0698. The fourth-order valence-electron chi connectivity index (χ4n) is 2.14. The average molecular weight is 290 g/mol. The fourth-order valence-corrected chi connectivity index (χ4v) is 2.32. The molecule has 2 rings (SSSR count). The van der Waals surface area contributed by atoms with Crippen LogP contribution in [0, 0.1) is 6.92 Å². The molecule has 0 aliphatic rings. The Hall–Kier alpha value is -2.00. The molecule has 0 saturated carbocycles. The fraction of sp³-hybridized carbons (Fsp3) is 0.188.